The zero-order valence-electron chi connectivity index (χ0n) is 13.1. The van der Waals surface area contributed by atoms with Crippen molar-refractivity contribution in [3.8, 4) is 0 Å². The van der Waals surface area contributed by atoms with E-state index in [4.69, 9.17) is 0 Å². The fourth-order valence-electron chi connectivity index (χ4n) is 3.27. The monoisotopic (exact) mass is 316 g/mol. The minimum atomic E-state index is -3.39. The molecule has 0 spiro atoms. The topological polar surface area (TPSA) is 75.3 Å². The van der Waals surface area contributed by atoms with Gasteiger partial charge in [-0.25, -0.2) is 8.42 Å². The molecule has 1 amide bonds. The molecule has 5 nitrogen and oxygen atoms in total. The molecule has 122 valence electrons. The zero-order chi connectivity index (χ0) is 15.5. The van der Waals surface area contributed by atoms with Gasteiger partial charge in [-0.15, -0.1) is 0 Å². The van der Waals surface area contributed by atoms with Crippen molar-refractivity contribution in [1.82, 2.24) is 10.6 Å². The lowest BCUT2D eigenvalue weighted by molar-refractivity contribution is -0.121. The van der Waals surface area contributed by atoms with E-state index in [9.17, 15) is 13.2 Å². The van der Waals surface area contributed by atoms with Gasteiger partial charge in [0.15, 0.2) is 9.84 Å². The highest BCUT2D eigenvalue weighted by molar-refractivity contribution is 7.93. The van der Waals surface area contributed by atoms with Gasteiger partial charge in [0.25, 0.3) is 0 Å². The SMILES string of the molecule is CC(C)C(C(=O)NCC1CNC1)S(=O)(=O)C1CCCCC1. The third-order valence-electron chi connectivity index (χ3n) is 4.67. The third kappa shape index (κ3) is 3.97. The fourth-order valence-corrected chi connectivity index (χ4v) is 5.82. The van der Waals surface area contributed by atoms with Crippen LogP contribution in [0.3, 0.4) is 0 Å². The van der Waals surface area contributed by atoms with Gasteiger partial charge >= 0.3 is 0 Å². The summed E-state index contributed by atoms with van der Waals surface area (Å²) in [5.74, 6) is -0.0435. The average molecular weight is 316 g/mol. The molecule has 2 aliphatic rings. The van der Waals surface area contributed by atoms with Crippen LogP contribution in [-0.4, -0.2) is 44.5 Å². The van der Waals surface area contributed by atoms with Crippen molar-refractivity contribution in [2.24, 2.45) is 11.8 Å². The predicted molar refractivity (Wildman–Crippen MR) is 83.8 cm³/mol. The molecule has 1 atom stereocenters. The van der Waals surface area contributed by atoms with Gasteiger partial charge in [-0.1, -0.05) is 33.1 Å². The largest absolute Gasteiger partial charge is 0.355 e. The van der Waals surface area contributed by atoms with Crippen LogP contribution in [0.4, 0.5) is 0 Å². The van der Waals surface area contributed by atoms with Crippen LogP contribution in [-0.2, 0) is 14.6 Å². The van der Waals surface area contributed by atoms with E-state index >= 15 is 0 Å². The van der Waals surface area contributed by atoms with Crippen molar-refractivity contribution in [3.63, 3.8) is 0 Å². The summed E-state index contributed by atoms with van der Waals surface area (Å²) >= 11 is 0. The second kappa shape index (κ2) is 7.09. The average Bonchev–Trinajstić information content (AvgIpc) is 2.37. The molecule has 0 aromatic carbocycles. The normalized spacial score (nSPS) is 22.8. The van der Waals surface area contributed by atoms with Gasteiger partial charge in [-0.3, -0.25) is 4.79 Å². The number of hydrogen-bond acceptors (Lipinski definition) is 4. The molecule has 1 saturated heterocycles. The van der Waals surface area contributed by atoms with Gasteiger partial charge in [-0.2, -0.15) is 0 Å². The Morgan fingerprint density at radius 1 is 1.19 bits per heavy atom. The first kappa shape index (κ1) is 16.7. The minimum Gasteiger partial charge on any atom is -0.355 e. The van der Waals surface area contributed by atoms with Crippen LogP contribution in [0.5, 0.6) is 0 Å². The zero-order valence-corrected chi connectivity index (χ0v) is 13.9. The van der Waals surface area contributed by atoms with E-state index < -0.39 is 15.1 Å². The number of sulfone groups is 1. The molecule has 2 fully saturated rings. The summed E-state index contributed by atoms with van der Waals surface area (Å²) in [7, 11) is -3.39. The summed E-state index contributed by atoms with van der Waals surface area (Å²) in [6.07, 6.45) is 4.46. The third-order valence-corrected chi connectivity index (χ3v) is 7.53. The Morgan fingerprint density at radius 3 is 2.29 bits per heavy atom. The van der Waals surface area contributed by atoms with Crippen LogP contribution in [0, 0.1) is 11.8 Å². The van der Waals surface area contributed by atoms with Crippen LogP contribution in [0.15, 0.2) is 0 Å². The molecule has 1 aliphatic heterocycles. The number of carbonyl (C=O) groups excluding carboxylic acids is 1. The molecule has 21 heavy (non-hydrogen) atoms. The summed E-state index contributed by atoms with van der Waals surface area (Å²) < 4.78 is 25.6. The Labute approximate surface area is 128 Å². The maximum atomic E-state index is 12.8. The number of rotatable bonds is 6. The smallest absolute Gasteiger partial charge is 0.238 e. The van der Waals surface area contributed by atoms with E-state index in [-0.39, 0.29) is 17.1 Å². The molecule has 2 rings (SSSR count). The second-order valence-electron chi connectivity index (χ2n) is 6.78. The molecule has 0 aromatic rings. The molecule has 1 saturated carbocycles. The van der Waals surface area contributed by atoms with E-state index in [0.29, 0.717) is 25.3 Å². The van der Waals surface area contributed by atoms with Gasteiger partial charge < -0.3 is 10.6 Å². The number of amides is 1. The van der Waals surface area contributed by atoms with Crippen LogP contribution >= 0.6 is 0 Å². The lowest BCUT2D eigenvalue weighted by Gasteiger charge is -2.30. The van der Waals surface area contributed by atoms with Crippen LogP contribution in [0.1, 0.15) is 46.0 Å². The lowest BCUT2D eigenvalue weighted by Crippen LogP contribution is -2.52. The molecule has 0 aromatic heterocycles. The summed E-state index contributed by atoms with van der Waals surface area (Å²) in [6.45, 7) is 6.05. The molecule has 6 heteroatoms. The van der Waals surface area contributed by atoms with Crippen molar-refractivity contribution in [1.29, 1.82) is 0 Å². The van der Waals surface area contributed by atoms with Gasteiger partial charge in [0.05, 0.1) is 5.25 Å². The Hall–Kier alpha value is -0.620. The highest BCUT2D eigenvalue weighted by atomic mass is 32.2. The molecule has 0 bridgehead atoms. The fraction of sp³-hybridized carbons (Fsp3) is 0.933. The minimum absolute atomic E-state index is 0.184. The summed E-state index contributed by atoms with van der Waals surface area (Å²) in [5.41, 5.74) is 0. The van der Waals surface area contributed by atoms with Crippen LogP contribution < -0.4 is 10.6 Å². The quantitative estimate of drug-likeness (QED) is 0.769. The molecule has 1 unspecified atom stereocenters. The number of nitrogens with one attached hydrogen (secondary N) is 2. The Bertz CT molecular complexity index is 452. The van der Waals surface area contributed by atoms with Crippen molar-refractivity contribution < 1.29 is 13.2 Å². The summed E-state index contributed by atoms with van der Waals surface area (Å²) in [4.78, 5) is 12.4. The first-order valence-electron chi connectivity index (χ1n) is 8.14. The van der Waals surface area contributed by atoms with Crippen molar-refractivity contribution in [3.05, 3.63) is 0 Å². The highest BCUT2D eigenvalue weighted by Crippen LogP contribution is 2.29. The molecule has 1 heterocycles. The van der Waals surface area contributed by atoms with E-state index in [1.807, 2.05) is 13.8 Å². The maximum Gasteiger partial charge on any atom is 0.238 e. The van der Waals surface area contributed by atoms with E-state index in [0.717, 1.165) is 32.4 Å². The Balaban J connectivity index is 2.03. The first-order valence-corrected chi connectivity index (χ1v) is 9.75. The second-order valence-corrected chi connectivity index (χ2v) is 9.14. The summed E-state index contributed by atoms with van der Waals surface area (Å²) in [6, 6.07) is 0. The Morgan fingerprint density at radius 2 is 1.81 bits per heavy atom. The lowest BCUT2D eigenvalue weighted by atomic mass is 10.0. The number of hydrogen-bond donors (Lipinski definition) is 2. The van der Waals surface area contributed by atoms with Gasteiger partial charge in [0, 0.05) is 25.6 Å². The predicted octanol–water partition coefficient (Wildman–Crippen LogP) is 1.09. The standard InChI is InChI=1S/C15H28N2O3S/c1-11(2)14(15(18)17-10-12-8-16-9-12)21(19,20)13-6-4-3-5-7-13/h11-14,16H,3-10H2,1-2H3,(H,17,18). The number of carbonyl (C=O) groups is 1. The van der Waals surface area contributed by atoms with Crippen molar-refractivity contribution in [2.75, 3.05) is 19.6 Å². The van der Waals surface area contributed by atoms with Crippen LogP contribution in [0.25, 0.3) is 0 Å². The highest BCUT2D eigenvalue weighted by Gasteiger charge is 2.41. The van der Waals surface area contributed by atoms with Crippen LogP contribution in [0.2, 0.25) is 0 Å². The molecule has 2 N–H and O–H groups in total. The molecular weight excluding hydrogens is 288 g/mol. The van der Waals surface area contributed by atoms with Crippen molar-refractivity contribution >= 4 is 15.7 Å². The molecule has 1 aliphatic carbocycles. The molecular formula is C15H28N2O3S. The maximum absolute atomic E-state index is 12.8. The molecule has 0 radical (unpaired) electrons. The van der Waals surface area contributed by atoms with E-state index in [1.54, 1.807) is 0 Å². The van der Waals surface area contributed by atoms with Gasteiger partial charge in [0.2, 0.25) is 5.91 Å². The first-order chi connectivity index (χ1) is 9.93. The van der Waals surface area contributed by atoms with E-state index in [1.165, 1.54) is 0 Å². The van der Waals surface area contributed by atoms with Gasteiger partial charge in [0.1, 0.15) is 5.25 Å². The van der Waals surface area contributed by atoms with Gasteiger partial charge in [-0.05, 0) is 18.8 Å². The van der Waals surface area contributed by atoms with Crippen molar-refractivity contribution in [2.45, 2.75) is 56.5 Å². The van der Waals surface area contributed by atoms with E-state index in [2.05, 4.69) is 10.6 Å². The Kier molecular flexibility index (Phi) is 5.66. The summed E-state index contributed by atoms with van der Waals surface area (Å²) in [5, 5.41) is 4.78.